The van der Waals surface area contributed by atoms with Gasteiger partial charge in [-0.25, -0.2) is 0 Å². The van der Waals surface area contributed by atoms with Crippen LogP contribution in [0.25, 0.3) is 11.0 Å². The Morgan fingerprint density at radius 3 is 3.00 bits per heavy atom. The molecule has 0 fully saturated rings. The van der Waals surface area contributed by atoms with Crippen molar-refractivity contribution in [2.24, 2.45) is 12.8 Å². The molecule has 0 saturated heterocycles. The van der Waals surface area contributed by atoms with Crippen LogP contribution in [-0.4, -0.2) is 10.6 Å². The van der Waals surface area contributed by atoms with Gasteiger partial charge in [0, 0.05) is 30.9 Å². The SMILES string of the molecule is CC(N)CCn1ccc2c1ccc[n+]2C. The second-order valence-corrected chi connectivity index (χ2v) is 4.16. The number of aromatic nitrogens is 2. The molecule has 2 aromatic rings. The molecule has 0 aliphatic carbocycles. The van der Waals surface area contributed by atoms with Gasteiger partial charge in [0.15, 0.2) is 6.20 Å². The van der Waals surface area contributed by atoms with E-state index in [-0.39, 0.29) is 6.04 Å². The van der Waals surface area contributed by atoms with E-state index < -0.39 is 0 Å². The van der Waals surface area contributed by atoms with E-state index in [1.165, 1.54) is 11.0 Å². The number of aryl methyl sites for hydroxylation is 2. The maximum Gasteiger partial charge on any atom is 0.230 e. The Bertz CT molecular complexity index is 457. The van der Waals surface area contributed by atoms with E-state index in [1.54, 1.807) is 0 Å². The molecule has 80 valence electrons. The van der Waals surface area contributed by atoms with Gasteiger partial charge in [-0.15, -0.1) is 0 Å². The highest BCUT2D eigenvalue weighted by Crippen LogP contribution is 2.11. The number of nitrogens with two attached hydrogens (primary N) is 1. The van der Waals surface area contributed by atoms with Crippen LogP contribution >= 0.6 is 0 Å². The van der Waals surface area contributed by atoms with Gasteiger partial charge < -0.3 is 10.3 Å². The van der Waals surface area contributed by atoms with E-state index >= 15 is 0 Å². The lowest BCUT2D eigenvalue weighted by Gasteiger charge is -2.06. The van der Waals surface area contributed by atoms with Gasteiger partial charge in [0.05, 0.1) is 0 Å². The quantitative estimate of drug-likeness (QED) is 0.749. The molecular formula is C12H18N3+. The Balaban J connectivity index is 2.33. The van der Waals surface area contributed by atoms with Crippen LogP contribution in [0.5, 0.6) is 0 Å². The zero-order valence-electron chi connectivity index (χ0n) is 9.35. The summed E-state index contributed by atoms with van der Waals surface area (Å²) in [7, 11) is 2.07. The van der Waals surface area contributed by atoms with Gasteiger partial charge in [-0.05, 0) is 19.4 Å². The maximum absolute atomic E-state index is 5.76. The third-order valence-corrected chi connectivity index (χ3v) is 2.75. The zero-order chi connectivity index (χ0) is 10.8. The molecule has 3 heteroatoms. The number of rotatable bonds is 3. The maximum atomic E-state index is 5.76. The molecule has 0 aromatic carbocycles. The average Bonchev–Trinajstić information content (AvgIpc) is 2.59. The predicted octanol–water partition coefficient (Wildman–Crippen LogP) is 1.20. The minimum Gasteiger partial charge on any atom is -0.342 e. The van der Waals surface area contributed by atoms with Crippen molar-refractivity contribution in [3.05, 3.63) is 30.6 Å². The molecule has 0 bridgehead atoms. The second kappa shape index (κ2) is 4.03. The number of pyridine rings is 1. The van der Waals surface area contributed by atoms with Crippen molar-refractivity contribution in [2.45, 2.75) is 25.9 Å². The van der Waals surface area contributed by atoms with E-state index in [0.717, 1.165) is 13.0 Å². The fourth-order valence-electron chi connectivity index (χ4n) is 1.83. The zero-order valence-corrected chi connectivity index (χ0v) is 9.35. The Kier molecular flexibility index (Phi) is 2.73. The highest BCUT2D eigenvalue weighted by atomic mass is 15.0. The number of fused-ring (bicyclic) bond motifs is 1. The number of hydrogen-bond donors (Lipinski definition) is 1. The minimum absolute atomic E-state index is 0.264. The van der Waals surface area contributed by atoms with Crippen LogP contribution in [0, 0.1) is 0 Å². The molecule has 15 heavy (non-hydrogen) atoms. The van der Waals surface area contributed by atoms with E-state index in [1.807, 2.05) is 6.92 Å². The standard InChI is InChI=1S/C12H18N3/c1-10(13)5-8-15-9-6-11-12(15)4-3-7-14(11)2/h3-4,6-7,9-10H,5,8,13H2,1-2H3/q+1. The topological polar surface area (TPSA) is 34.8 Å². The summed E-state index contributed by atoms with van der Waals surface area (Å²) >= 11 is 0. The van der Waals surface area contributed by atoms with Crippen LogP contribution in [0.4, 0.5) is 0 Å². The molecule has 1 unspecified atom stereocenters. The first kappa shape index (κ1) is 10.2. The predicted molar refractivity (Wildman–Crippen MR) is 61.4 cm³/mol. The Morgan fingerprint density at radius 2 is 2.27 bits per heavy atom. The minimum atomic E-state index is 0.264. The van der Waals surface area contributed by atoms with Crippen LogP contribution in [-0.2, 0) is 13.6 Å². The van der Waals surface area contributed by atoms with Crippen molar-refractivity contribution >= 4 is 11.0 Å². The lowest BCUT2D eigenvalue weighted by molar-refractivity contribution is -0.644. The Hall–Kier alpha value is -1.35. The molecule has 2 rings (SSSR count). The largest absolute Gasteiger partial charge is 0.342 e. The first-order valence-electron chi connectivity index (χ1n) is 5.37. The van der Waals surface area contributed by atoms with E-state index in [4.69, 9.17) is 5.73 Å². The molecule has 1 atom stereocenters. The molecule has 2 heterocycles. The Morgan fingerprint density at radius 1 is 1.47 bits per heavy atom. The van der Waals surface area contributed by atoms with Crippen molar-refractivity contribution < 1.29 is 4.57 Å². The molecular weight excluding hydrogens is 186 g/mol. The molecule has 3 nitrogen and oxygen atoms in total. The number of nitrogens with zero attached hydrogens (tertiary/aromatic N) is 2. The molecule has 0 saturated carbocycles. The summed E-state index contributed by atoms with van der Waals surface area (Å²) in [5, 5.41) is 0. The summed E-state index contributed by atoms with van der Waals surface area (Å²) in [6, 6.07) is 6.64. The summed E-state index contributed by atoms with van der Waals surface area (Å²) in [5.74, 6) is 0. The third-order valence-electron chi connectivity index (χ3n) is 2.75. The first-order chi connectivity index (χ1) is 7.18. The third kappa shape index (κ3) is 2.02. The summed E-state index contributed by atoms with van der Waals surface area (Å²) in [6.45, 7) is 3.04. The van der Waals surface area contributed by atoms with E-state index in [2.05, 4.69) is 46.8 Å². The second-order valence-electron chi connectivity index (χ2n) is 4.16. The fourth-order valence-corrected chi connectivity index (χ4v) is 1.83. The van der Waals surface area contributed by atoms with Gasteiger partial charge in [-0.2, -0.15) is 4.57 Å². The van der Waals surface area contributed by atoms with Gasteiger partial charge in [-0.1, -0.05) is 0 Å². The van der Waals surface area contributed by atoms with Gasteiger partial charge in [0.25, 0.3) is 0 Å². The highest BCUT2D eigenvalue weighted by Gasteiger charge is 2.08. The van der Waals surface area contributed by atoms with Crippen molar-refractivity contribution in [2.75, 3.05) is 0 Å². The summed E-state index contributed by atoms with van der Waals surface area (Å²) < 4.78 is 4.40. The van der Waals surface area contributed by atoms with Crippen molar-refractivity contribution in [3.63, 3.8) is 0 Å². The molecule has 0 amide bonds. The molecule has 0 aliphatic rings. The Labute approximate surface area is 90.1 Å². The van der Waals surface area contributed by atoms with Gasteiger partial charge in [0.1, 0.15) is 12.6 Å². The first-order valence-corrected chi connectivity index (χ1v) is 5.37. The van der Waals surface area contributed by atoms with Crippen LogP contribution in [0.3, 0.4) is 0 Å². The fraction of sp³-hybridized carbons (Fsp3) is 0.417. The van der Waals surface area contributed by atoms with Crippen molar-refractivity contribution in [3.8, 4) is 0 Å². The molecule has 0 spiro atoms. The van der Waals surface area contributed by atoms with Crippen LogP contribution < -0.4 is 10.3 Å². The molecule has 2 aromatic heterocycles. The van der Waals surface area contributed by atoms with Crippen LogP contribution in [0.15, 0.2) is 30.6 Å². The van der Waals surface area contributed by atoms with Crippen LogP contribution in [0.1, 0.15) is 13.3 Å². The molecule has 0 radical (unpaired) electrons. The normalized spacial score (nSPS) is 13.3. The number of hydrogen-bond acceptors (Lipinski definition) is 1. The molecule has 0 aliphatic heterocycles. The smallest absolute Gasteiger partial charge is 0.230 e. The highest BCUT2D eigenvalue weighted by molar-refractivity contribution is 5.72. The van der Waals surface area contributed by atoms with Gasteiger partial charge >= 0.3 is 0 Å². The van der Waals surface area contributed by atoms with Crippen LogP contribution in [0.2, 0.25) is 0 Å². The van der Waals surface area contributed by atoms with Gasteiger partial charge in [-0.3, -0.25) is 0 Å². The van der Waals surface area contributed by atoms with E-state index in [9.17, 15) is 0 Å². The summed E-state index contributed by atoms with van der Waals surface area (Å²) in [5.41, 5.74) is 8.31. The summed E-state index contributed by atoms with van der Waals surface area (Å²) in [4.78, 5) is 0. The monoisotopic (exact) mass is 204 g/mol. The molecule has 2 N–H and O–H groups in total. The van der Waals surface area contributed by atoms with Crippen molar-refractivity contribution in [1.82, 2.24) is 4.57 Å². The average molecular weight is 204 g/mol. The summed E-state index contributed by atoms with van der Waals surface area (Å²) in [6.07, 6.45) is 5.22. The van der Waals surface area contributed by atoms with E-state index in [0.29, 0.717) is 0 Å². The van der Waals surface area contributed by atoms with Gasteiger partial charge in [0.2, 0.25) is 5.52 Å². The lowest BCUT2D eigenvalue weighted by Crippen LogP contribution is -2.27. The lowest BCUT2D eigenvalue weighted by atomic mass is 10.2. The van der Waals surface area contributed by atoms with Crippen molar-refractivity contribution in [1.29, 1.82) is 0 Å².